The van der Waals surface area contributed by atoms with E-state index >= 15 is 0 Å². The lowest BCUT2D eigenvalue weighted by molar-refractivity contribution is -0.0251. The quantitative estimate of drug-likeness (QED) is 0.901. The Balaban J connectivity index is 1.98. The van der Waals surface area contributed by atoms with Crippen LogP contribution in [0.4, 0.5) is 0 Å². The third kappa shape index (κ3) is 2.81. The number of aliphatic hydroxyl groups is 1. The van der Waals surface area contributed by atoms with Gasteiger partial charge in [0.25, 0.3) is 5.91 Å². The Kier molecular flexibility index (Phi) is 4.18. The van der Waals surface area contributed by atoms with Crippen molar-refractivity contribution in [3.05, 3.63) is 20.3 Å². The summed E-state index contributed by atoms with van der Waals surface area (Å²) in [6.45, 7) is 2.42. The predicted octanol–water partition coefficient (Wildman–Crippen LogP) is 2.32. The Bertz CT molecular complexity index is 465. The van der Waals surface area contributed by atoms with E-state index in [-0.39, 0.29) is 18.6 Å². The Morgan fingerprint density at radius 2 is 2.44 bits per heavy atom. The summed E-state index contributed by atoms with van der Waals surface area (Å²) in [5.41, 5.74) is -0.677. The predicted molar refractivity (Wildman–Crippen MR) is 71.7 cm³/mol. The number of ether oxygens (including phenoxy) is 1. The van der Waals surface area contributed by atoms with Crippen LogP contribution in [0, 0.1) is 0 Å². The van der Waals surface area contributed by atoms with Crippen molar-refractivity contribution in [1.82, 2.24) is 5.32 Å². The molecule has 7 heteroatoms. The lowest BCUT2D eigenvalue weighted by atomic mass is 9.96. The monoisotopic (exact) mass is 309 g/mol. The number of rotatable bonds is 3. The van der Waals surface area contributed by atoms with Crippen LogP contribution in [0.3, 0.4) is 0 Å². The smallest absolute Gasteiger partial charge is 0.253 e. The summed E-state index contributed by atoms with van der Waals surface area (Å²) in [4.78, 5) is 11.9. The molecule has 18 heavy (non-hydrogen) atoms. The zero-order chi connectivity index (χ0) is 13.3. The lowest BCUT2D eigenvalue weighted by Gasteiger charge is -2.26. The van der Waals surface area contributed by atoms with Gasteiger partial charge in [-0.05, 0) is 13.0 Å². The van der Waals surface area contributed by atoms with Gasteiger partial charge in [-0.3, -0.25) is 4.79 Å². The van der Waals surface area contributed by atoms with Crippen LogP contribution in [0.25, 0.3) is 0 Å². The summed E-state index contributed by atoms with van der Waals surface area (Å²) < 4.78 is 6.09. The molecule has 2 rings (SSSR count). The Labute approximate surface area is 119 Å². The third-order valence-corrected chi connectivity index (χ3v) is 4.60. The molecule has 0 aromatic carbocycles. The average molecular weight is 310 g/mol. The summed E-state index contributed by atoms with van der Waals surface area (Å²) >= 11 is 12.8. The number of amides is 1. The van der Waals surface area contributed by atoms with Crippen LogP contribution in [-0.4, -0.2) is 35.9 Å². The number of halogens is 2. The van der Waals surface area contributed by atoms with Crippen LogP contribution in [-0.2, 0) is 4.74 Å². The zero-order valence-electron chi connectivity index (χ0n) is 9.70. The highest BCUT2D eigenvalue weighted by Crippen LogP contribution is 2.31. The second kappa shape index (κ2) is 5.35. The van der Waals surface area contributed by atoms with Crippen LogP contribution in [0.2, 0.25) is 8.67 Å². The molecule has 2 unspecified atom stereocenters. The van der Waals surface area contributed by atoms with Gasteiger partial charge in [-0.2, -0.15) is 0 Å². The van der Waals surface area contributed by atoms with E-state index in [0.29, 0.717) is 27.3 Å². The van der Waals surface area contributed by atoms with Crippen molar-refractivity contribution < 1.29 is 14.6 Å². The lowest BCUT2D eigenvalue weighted by Crippen LogP contribution is -2.47. The van der Waals surface area contributed by atoms with Crippen molar-refractivity contribution in [2.75, 3.05) is 13.2 Å². The van der Waals surface area contributed by atoms with E-state index in [1.54, 1.807) is 6.92 Å². The fourth-order valence-corrected chi connectivity index (χ4v) is 3.28. The summed E-state index contributed by atoms with van der Waals surface area (Å²) in [6.07, 6.45) is 0.214. The maximum Gasteiger partial charge on any atom is 0.253 e. The molecule has 1 fully saturated rings. The Hall–Kier alpha value is -0.330. The molecule has 1 aliphatic heterocycles. The molecule has 1 amide bonds. The topological polar surface area (TPSA) is 58.6 Å². The van der Waals surface area contributed by atoms with E-state index in [1.807, 2.05) is 0 Å². The molecule has 1 saturated heterocycles. The molecular weight excluding hydrogens is 297 g/mol. The number of nitrogens with one attached hydrogen (secondary N) is 1. The first-order valence-electron chi connectivity index (χ1n) is 5.49. The van der Waals surface area contributed by atoms with Gasteiger partial charge in [0.15, 0.2) is 0 Å². The Morgan fingerprint density at radius 3 is 2.94 bits per heavy atom. The maximum absolute atomic E-state index is 11.9. The molecule has 1 aliphatic rings. The molecule has 0 spiro atoms. The average Bonchev–Trinajstić information content (AvgIpc) is 2.80. The number of hydrogen-bond acceptors (Lipinski definition) is 4. The molecule has 2 N–H and O–H groups in total. The molecule has 2 atom stereocenters. The molecule has 0 radical (unpaired) electrons. The fourth-order valence-electron chi connectivity index (χ4n) is 1.83. The minimum absolute atomic E-state index is 0.136. The van der Waals surface area contributed by atoms with Crippen LogP contribution in [0.1, 0.15) is 23.7 Å². The third-order valence-electron chi connectivity index (χ3n) is 3.12. The van der Waals surface area contributed by atoms with E-state index in [2.05, 4.69) is 5.32 Å². The molecule has 100 valence electrons. The van der Waals surface area contributed by atoms with Crippen molar-refractivity contribution in [2.45, 2.75) is 25.0 Å². The number of carbonyl (C=O) groups excluding carboxylic acids is 1. The maximum atomic E-state index is 11.9. The van der Waals surface area contributed by atoms with E-state index in [0.717, 1.165) is 11.3 Å². The van der Waals surface area contributed by atoms with Crippen molar-refractivity contribution in [2.24, 2.45) is 0 Å². The van der Waals surface area contributed by atoms with Crippen LogP contribution >= 0.6 is 34.5 Å². The minimum Gasteiger partial charge on any atom is -0.385 e. The zero-order valence-corrected chi connectivity index (χ0v) is 12.0. The van der Waals surface area contributed by atoms with E-state index in [9.17, 15) is 9.90 Å². The summed E-state index contributed by atoms with van der Waals surface area (Å²) in [5, 5.41) is 12.9. The Morgan fingerprint density at radius 1 is 1.72 bits per heavy atom. The summed E-state index contributed by atoms with van der Waals surface area (Å²) in [6, 6.07) is 1.52. The number of thiophene rings is 1. The van der Waals surface area contributed by atoms with E-state index < -0.39 is 5.60 Å². The molecule has 0 aliphatic carbocycles. The van der Waals surface area contributed by atoms with Gasteiger partial charge >= 0.3 is 0 Å². The molecule has 1 aromatic rings. The van der Waals surface area contributed by atoms with Gasteiger partial charge in [-0.25, -0.2) is 0 Å². The minimum atomic E-state index is -1.01. The second-order valence-electron chi connectivity index (χ2n) is 4.29. The normalized spacial score (nSPS) is 27.4. The van der Waals surface area contributed by atoms with Crippen molar-refractivity contribution in [3.8, 4) is 0 Å². The largest absolute Gasteiger partial charge is 0.385 e. The first-order valence-corrected chi connectivity index (χ1v) is 7.06. The van der Waals surface area contributed by atoms with Gasteiger partial charge in [-0.15, -0.1) is 11.3 Å². The molecule has 2 heterocycles. The molecule has 0 bridgehead atoms. The van der Waals surface area contributed by atoms with Gasteiger partial charge in [0, 0.05) is 19.6 Å². The second-order valence-corrected chi connectivity index (χ2v) is 6.57. The highest BCUT2D eigenvalue weighted by Gasteiger charge is 2.39. The first-order chi connectivity index (χ1) is 8.42. The van der Waals surface area contributed by atoms with Crippen LogP contribution in [0.15, 0.2) is 6.07 Å². The highest BCUT2D eigenvalue weighted by atomic mass is 35.5. The van der Waals surface area contributed by atoms with Crippen molar-refractivity contribution in [1.29, 1.82) is 0 Å². The van der Waals surface area contributed by atoms with Gasteiger partial charge < -0.3 is 15.2 Å². The van der Waals surface area contributed by atoms with Gasteiger partial charge in [-0.1, -0.05) is 23.2 Å². The molecule has 1 aromatic heterocycles. The molecule has 4 nitrogen and oxygen atoms in total. The van der Waals surface area contributed by atoms with Crippen molar-refractivity contribution in [3.63, 3.8) is 0 Å². The van der Waals surface area contributed by atoms with E-state index in [4.69, 9.17) is 27.9 Å². The summed E-state index contributed by atoms with van der Waals surface area (Å²) in [5.74, 6) is -0.337. The van der Waals surface area contributed by atoms with Gasteiger partial charge in [0.05, 0.1) is 16.0 Å². The van der Waals surface area contributed by atoms with E-state index in [1.165, 1.54) is 6.07 Å². The van der Waals surface area contributed by atoms with Crippen LogP contribution in [0.5, 0.6) is 0 Å². The SMILES string of the molecule is CC1OCCC1(O)CNC(=O)c1cc(Cl)sc1Cl. The number of carbonyl (C=O) groups is 1. The molecular formula is C11H13Cl2NO3S. The van der Waals surface area contributed by atoms with Crippen LogP contribution < -0.4 is 5.32 Å². The van der Waals surface area contributed by atoms with Gasteiger partial charge in [0.2, 0.25) is 0 Å². The molecule has 0 saturated carbocycles. The first kappa shape index (κ1) is 14.1. The highest BCUT2D eigenvalue weighted by molar-refractivity contribution is 7.20. The fraction of sp³-hybridized carbons (Fsp3) is 0.545. The summed E-state index contributed by atoms with van der Waals surface area (Å²) in [7, 11) is 0. The standard InChI is InChI=1S/C11H13Cl2NO3S/c1-6-11(16,2-3-17-6)5-14-10(15)7-4-8(12)18-9(7)13/h4,6,16H,2-3,5H2,1H3,(H,14,15). The van der Waals surface area contributed by atoms with Gasteiger partial charge in [0.1, 0.15) is 9.94 Å². The van der Waals surface area contributed by atoms with Crippen molar-refractivity contribution >= 4 is 40.4 Å². The number of hydrogen-bond donors (Lipinski definition) is 2.